The highest BCUT2D eigenvalue weighted by Crippen LogP contribution is 2.34. The van der Waals surface area contributed by atoms with Crippen LogP contribution in [0.5, 0.6) is 11.5 Å². The van der Waals surface area contributed by atoms with Crippen molar-refractivity contribution in [2.75, 3.05) is 0 Å². The Morgan fingerprint density at radius 2 is 1.86 bits per heavy atom. The summed E-state index contributed by atoms with van der Waals surface area (Å²) in [6, 6.07) is 11.2. The summed E-state index contributed by atoms with van der Waals surface area (Å²) in [6.45, 7) is 8.03. The lowest BCUT2D eigenvalue weighted by atomic mass is 10.0. The Morgan fingerprint density at radius 1 is 1.14 bits per heavy atom. The molecule has 110 valence electrons. The van der Waals surface area contributed by atoms with Crippen LogP contribution in [0.15, 0.2) is 36.4 Å². The zero-order valence-corrected chi connectivity index (χ0v) is 12.8. The molecule has 2 aromatic carbocycles. The van der Waals surface area contributed by atoms with Gasteiger partial charge < -0.3 is 9.84 Å². The van der Waals surface area contributed by atoms with E-state index < -0.39 is 5.97 Å². The van der Waals surface area contributed by atoms with Crippen LogP contribution in [0, 0.1) is 13.8 Å². The van der Waals surface area contributed by atoms with Crippen LogP contribution in [0.3, 0.4) is 0 Å². The standard InChI is InChI=1S/C18H20O3/c1-11(2)14-9-8-12(3)10-16(14)21-17-13(4)6-5-7-15(17)18(19)20/h5-11H,1-4H3,(H,19,20). The summed E-state index contributed by atoms with van der Waals surface area (Å²) in [6.07, 6.45) is 0. The average Bonchev–Trinajstić information content (AvgIpc) is 2.40. The van der Waals surface area contributed by atoms with Gasteiger partial charge in [0.1, 0.15) is 17.1 Å². The van der Waals surface area contributed by atoms with E-state index in [4.69, 9.17) is 4.74 Å². The van der Waals surface area contributed by atoms with Gasteiger partial charge in [0, 0.05) is 0 Å². The molecular weight excluding hydrogens is 264 g/mol. The summed E-state index contributed by atoms with van der Waals surface area (Å²) in [5.74, 6) is 0.463. The van der Waals surface area contributed by atoms with E-state index in [1.54, 1.807) is 12.1 Å². The molecule has 0 heterocycles. The quantitative estimate of drug-likeness (QED) is 0.867. The molecule has 0 amide bonds. The Morgan fingerprint density at radius 3 is 2.48 bits per heavy atom. The van der Waals surface area contributed by atoms with Crippen LogP contribution >= 0.6 is 0 Å². The lowest BCUT2D eigenvalue weighted by Crippen LogP contribution is -2.03. The molecule has 0 radical (unpaired) electrons. The van der Waals surface area contributed by atoms with Crippen LogP contribution in [0.25, 0.3) is 0 Å². The Bertz CT molecular complexity index is 672. The number of aromatic carboxylic acids is 1. The van der Waals surface area contributed by atoms with E-state index in [1.165, 1.54) is 0 Å². The first-order valence-electron chi connectivity index (χ1n) is 7.01. The normalized spacial score (nSPS) is 10.7. The number of hydrogen-bond acceptors (Lipinski definition) is 2. The van der Waals surface area contributed by atoms with Crippen molar-refractivity contribution in [3.8, 4) is 11.5 Å². The van der Waals surface area contributed by atoms with Crippen molar-refractivity contribution < 1.29 is 14.6 Å². The van der Waals surface area contributed by atoms with Crippen molar-refractivity contribution in [2.24, 2.45) is 0 Å². The molecular formula is C18H20O3. The first-order valence-corrected chi connectivity index (χ1v) is 7.01. The van der Waals surface area contributed by atoms with Crippen LogP contribution in [0.2, 0.25) is 0 Å². The molecule has 2 rings (SSSR count). The highest BCUT2D eigenvalue weighted by Gasteiger charge is 2.16. The van der Waals surface area contributed by atoms with E-state index in [-0.39, 0.29) is 5.56 Å². The molecule has 0 bridgehead atoms. The fraction of sp³-hybridized carbons (Fsp3) is 0.278. The van der Waals surface area contributed by atoms with Gasteiger partial charge in [-0.05, 0) is 48.6 Å². The SMILES string of the molecule is Cc1ccc(C(C)C)c(Oc2c(C)cccc2C(=O)O)c1. The summed E-state index contributed by atoms with van der Waals surface area (Å²) < 4.78 is 5.99. The van der Waals surface area contributed by atoms with Crippen LogP contribution in [-0.4, -0.2) is 11.1 Å². The topological polar surface area (TPSA) is 46.5 Å². The van der Waals surface area contributed by atoms with Gasteiger partial charge in [-0.1, -0.05) is 38.1 Å². The monoisotopic (exact) mass is 284 g/mol. The first kappa shape index (κ1) is 15.1. The number of aryl methyl sites for hydroxylation is 2. The Labute approximate surface area is 125 Å². The average molecular weight is 284 g/mol. The predicted octanol–water partition coefficient (Wildman–Crippen LogP) is 4.92. The maximum atomic E-state index is 11.4. The second kappa shape index (κ2) is 6.00. The minimum absolute atomic E-state index is 0.186. The summed E-state index contributed by atoms with van der Waals surface area (Å²) >= 11 is 0. The number of rotatable bonds is 4. The zero-order valence-electron chi connectivity index (χ0n) is 12.8. The van der Waals surface area contributed by atoms with E-state index in [0.717, 1.165) is 22.4 Å². The smallest absolute Gasteiger partial charge is 0.339 e. The fourth-order valence-corrected chi connectivity index (χ4v) is 2.27. The summed E-state index contributed by atoms with van der Waals surface area (Å²) in [4.78, 5) is 11.4. The zero-order chi connectivity index (χ0) is 15.6. The van der Waals surface area contributed by atoms with E-state index in [9.17, 15) is 9.90 Å². The van der Waals surface area contributed by atoms with Gasteiger partial charge >= 0.3 is 5.97 Å². The van der Waals surface area contributed by atoms with Gasteiger partial charge in [0.25, 0.3) is 0 Å². The van der Waals surface area contributed by atoms with E-state index in [1.807, 2.05) is 38.1 Å². The molecule has 0 fully saturated rings. The van der Waals surface area contributed by atoms with Gasteiger partial charge in [-0.15, -0.1) is 0 Å². The summed E-state index contributed by atoms with van der Waals surface area (Å²) in [5.41, 5.74) is 3.15. The molecule has 2 aromatic rings. The molecule has 21 heavy (non-hydrogen) atoms. The van der Waals surface area contributed by atoms with Gasteiger partial charge in [-0.25, -0.2) is 4.79 Å². The number of para-hydroxylation sites is 1. The highest BCUT2D eigenvalue weighted by molar-refractivity contribution is 5.91. The van der Waals surface area contributed by atoms with Crippen molar-refractivity contribution in [3.63, 3.8) is 0 Å². The number of carboxylic acid groups (broad SMARTS) is 1. The van der Waals surface area contributed by atoms with Crippen molar-refractivity contribution in [1.29, 1.82) is 0 Å². The number of ether oxygens (including phenoxy) is 1. The van der Waals surface area contributed by atoms with Crippen molar-refractivity contribution in [2.45, 2.75) is 33.6 Å². The first-order chi connectivity index (χ1) is 9.90. The van der Waals surface area contributed by atoms with E-state index >= 15 is 0 Å². The van der Waals surface area contributed by atoms with E-state index in [0.29, 0.717) is 11.7 Å². The minimum Gasteiger partial charge on any atom is -0.478 e. The van der Waals surface area contributed by atoms with Crippen LogP contribution < -0.4 is 4.74 Å². The van der Waals surface area contributed by atoms with Gasteiger partial charge in [0.15, 0.2) is 0 Å². The van der Waals surface area contributed by atoms with Crippen molar-refractivity contribution in [3.05, 3.63) is 58.7 Å². The third-order valence-corrected chi connectivity index (χ3v) is 3.45. The Kier molecular flexibility index (Phi) is 4.32. The molecule has 3 heteroatoms. The molecule has 0 aliphatic heterocycles. The fourth-order valence-electron chi connectivity index (χ4n) is 2.27. The minimum atomic E-state index is -0.979. The van der Waals surface area contributed by atoms with Crippen LogP contribution in [-0.2, 0) is 0 Å². The second-order valence-electron chi connectivity index (χ2n) is 5.55. The number of benzene rings is 2. The molecule has 0 aliphatic carbocycles. The highest BCUT2D eigenvalue weighted by atomic mass is 16.5. The van der Waals surface area contributed by atoms with Crippen LogP contribution in [0.4, 0.5) is 0 Å². The van der Waals surface area contributed by atoms with Crippen molar-refractivity contribution in [1.82, 2.24) is 0 Å². The Hall–Kier alpha value is -2.29. The molecule has 0 saturated heterocycles. The maximum Gasteiger partial charge on any atom is 0.339 e. The molecule has 0 aliphatic rings. The summed E-state index contributed by atoms with van der Waals surface area (Å²) in [5, 5.41) is 9.32. The van der Waals surface area contributed by atoms with Crippen LogP contribution in [0.1, 0.15) is 46.8 Å². The van der Waals surface area contributed by atoms with Crippen molar-refractivity contribution >= 4 is 5.97 Å². The van der Waals surface area contributed by atoms with Gasteiger partial charge in [0.05, 0.1) is 0 Å². The molecule has 0 unspecified atom stereocenters. The number of carboxylic acids is 1. The Balaban J connectivity index is 2.53. The maximum absolute atomic E-state index is 11.4. The molecule has 0 saturated carbocycles. The second-order valence-corrected chi connectivity index (χ2v) is 5.55. The molecule has 0 atom stereocenters. The predicted molar refractivity (Wildman–Crippen MR) is 83.5 cm³/mol. The molecule has 3 nitrogen and oxygen atoms in total. The summed E-state index contributed by atoms with van der Waals surface area (Å²) in [7, 11) is 0. The largest absolute Gasteiger partial charge is 0.478 e. The molecule has 0 aromatic heterocycles. The molecule has 0 spiro atoms. The third-order valence-electron chi connectivity index (χ3n) is 3.45. The lowest BCUT2D eigenvalue weighted by molar-refractivity contribution is 0.0694. The number of carbonyl (C=O) groups is 1. The molecule has 1 N–H and O–H groups in total. The number of hydrogen-bond donors (Lipinski definition) is 1. The lowest BCUT2D eigenvalue weighted by Gasteiger charge is -2.17. The van der Waals surface area contributed by atoms with Gasteiger partial charge in [-0.3, -0.25) is 0 Å². The van der Waals surface area contributed by atoms with Gasteiger partial charge in [0.2, 0.25) is 0 Å². The van der Waals surface area contributed by atoms with Gasteiger partial charge in [-0.2, -0.15) is 0 Å². The third kappa shape index (κ3) is 3.24. The van der Waals surface area contributed by atoms with E-state index in [2.05, 4.69) is 13.8 Å².